The first-order valence-electron chi connectivity index (χ1n) is 7.73. The molecule has 2 unspecified atom stereocenters. The van der Waals surface area contributed by atoms with Gasteiger partial charge < -0.3 is 15.3 Å². The van der Waals surface area contributed by atoms with E-state index in [9.17, 15) is 5.11 Å². The summed E-state index contributed by atoms with van der Waals surface area (Å²) in [6.45, 7) is 2.39. The number of aliphatic hydroxyl groups excluding tert-OH is 1. The summed E-state index contributed by atoms with van der Waals surface area (Å²) >= 11 is 0. The van der Waals surface area contributed by atoms with Gasteiger partial charge in [0.2, 0.25) is 0 Å². The third-order valence-corrected chi connectivity index (χ3v) is 4.86. The van der Waals surface area contributed by atoms with Gasteiger partial charge in [0.15, 0.2) is 0 Å². The lowest BCUT2D eigenvalue weighted by atomic mass is 9.82. The van der Waals surface area contributed by atoms with Crippen LogP contribution in [0.1, 0.15) is 44.9 Å². The second kappa shape index (κ2) is 6.88. The van der Waals surface area contributed by atoms with Crippen molar-refractivity contribution in [1.29, 1.82) is 0 Å². The van der Waals surface area contributed by atoms with Crippen LogP contribution in [0.5, 0.6) is 0 Å². The summed E-state index contributed by atoms with van der Waals surface area (Å²) < 4.78 is 0. The van der Waals surface area contributed by atoms with Gasteiger partial charge in [0.25, 0.3) is 0 Å². The minimum Gasteiger partial charge on any atom is -0.393 e. The standard InChI is InChI=1S/C15H30N2O/c1-16-15-7-5-3-4-6-13(15)11-17(2)10-12-8-14(18)9-12/h12-16,18H,3-11H2,1-2H3. The predicted molar refractivity (Wildman–Crippen MR) is 75.7 cm³/mol. The van der Waals surface area contributed by atoms with Crippen molar-refractivity contribution in [2.75, 3.05) is 27.2 Å². The van der Waals surface area contributed by atoms with Gasteiger partial charge in [0, 0.05) is 19.1 Å². The molecule has 0 aliphatic heterocycles. The molecule has 0 aromatic rings. The van der Waals surface area contributed by atoms with E-state index in [0.717, 1.165) is 24.7 Å². The quantitative estimate of drug-likeness (QED) is 0.735. The molecule has 0 heterocycles. The van der Waals surface area contributed by atoms with Crippen molar-refractivity contribution < 1.29 is 5.11 Å². The summed E-state index contributed by atoms with van der Waals surface area (Å²) in [5, 5.41) is 12.9. The Bertz CT molecular complexity index is 241. The number of hydrogen-bond acceptors (Lipinski definition) is 3. The lowest BCUT2D eigenvalue weighted by Gasteiger charge is -2.36. The van der Waals surface area contributed by atoms with Crippen molar-refractivity contribution >= 4 is 0 Å². The van der Waals surface area contributed by atoms with E-state index >= 15 is 0 Å². The van der Waals surface area contributed by atoms with E-state index in [2.05, 4.69) is 24.3 Å². The highest BCUT2D eigenvalue weighted by Gasteiger charge is 2.29. The second-order valence-electron chi connectivity index (χ2n) is 6.51. The van der Waals surface area contributed by atoms with Crippen LogP contribution in [-0.4, -0.2) is 49.3 Å². The van der Waals surface area contributed by atoms with Gasteiger partial charge in [-0.1, -0.05) is 19.3 Å². The fraction of sp³-hybridized carbons (Fsp3) is 1.00. The molecule has 0 amide bonds. The minimum atomic E-state index is -0.00802. The Morgan fingerprint density at radius 3 is 2.50 bits per heavy atom. The molecule has 0 radical (unpaired) electrons. The molecule has 2 aliphatic rings. The van der Waals surface area contributed by atoms with Crippen molar-refractivity contribution in [1.82, 2.24) is 10.2 Å². The Labute approximate surface area is 112 Å². The molecule has 3 nitrogen and oxygen atoms in total. The fourth-order valence-corrected chi connectivity index (χ4v) is 3.75. The van der Waals surface area contributed by atoms with E-state index in [0.29, 0.717) is 6.04 Å². The van der Waals surface area contributed by atoms with Crippen LogP contribution in [0.2, 0.25) is 0 Å². The van der Waals surface area contributed by atoms with E-state index < -0.39 is 0 Å². The van der Waals surface area contributed by atoms with E-state index in [4.69, 9.17) is 0 Å². The van der Waals surface area contributed by atoms with E-state index in [-0.39, 0.29) is 6.10 Å². The maximum absolute atomic E-state index is 9.34. The van der Waals surface area contributed by atoms with Gasteiger partial charge in [-0.3, -0.25) is 0 Å². The molecule has 2 atom stereocenters. The van der Waals surface area contributed by atoms with E-state index in [1.165, 1.54) is 45.2 Å². The summed E-state index contributed by atoms with van der Waals surface area (Å²) in [5.74, 6) is 1.55. The molecule has 0 aromatic heterocycles. The van der Waals surface area contributed by atoms with Gasteiger partial charge in [0.05, 0.1) is 6.10 Å². The molecule has 2 saturated carbocycles. The zero-order valence-corrected chi connectivity index (χ0v) is 12.1. The third-order valence-electron chi connectivity index (χ3n) is 4.86. The average molecular weight is 254 g/mol. The maximum atomic E-state index is 9.34. The van der Waals surface area contributed by atoms with Crippen LogP contribution in [0, 0.1) is 11.8 Å². The van der Waals surface area contributed by atoms with Crippen molar-refractivity contribution in [3.8, 4) is 0 Å². The van der Waals surface area contributed by atoms with Crippen LogP contribution >= 0.6 is 0 Å². The largest absolute Gasteiger partial charge is 0.393 e. The summed E-state index contributed by atoms with van der Waals surface area (Å²) in [7, 11) is 4.37. The lowest BCUT2D eigenvalue weighted by Crippen LogP contribution is -2.43. The van der Waals surface area contributed by atoms with Crippen LogP contribution in [0.3, 0.4) is 0 Å². The number of rotatable bonds is 5. The summed E-state index contributed by atoms with van der Waals surface area (Å²) in [6.07, 6.45) is 8.95. The van der Waals surface area contributed by atoms with Gasteiger partial charge in [0.1, 0.15) is 0 Å². The Kier molecular flexibility index (Phi) is 5.46. The highest BCUT2D eigenvalue weighted by molar-refractivity contribution is 4.84. The number of aliphatic hydroxyl groups is 1. The smallest absolute Gasteiger partial charge is 0.0546 e. The molecule has 106 valence electrons. The van der Waals surface area contributed by atoms with E-state index in [1.807, 2.05) is 0 Å². The van der Waals surface area contributed by atoms with Gasteiger partial charge >= 0.3 is 0 Å². The fourth-order valence-electron chi connectivity index (χ4n) is 3.75. The van der Waals surface area contributed by atoms with Crippen LogP contribution < -0.4 is 5.32 Å². The normalized spacial score (nSPS) is 37.3. The highest BCUT2D eigenvalue weighted by Crippen LogP contribution is 2.29. The van der Waals surface area contributed by atoms with E-state index in [1.54, 1.807) is 0 Å². The molecular weight excluding hydrogens is 224 g/mol. The monoisotopic (exact) mass is 254 g/mol. The third kappa shape index (κ3) is 3.94. The topological polar surface area (TPSA) is 35.5 Å². The zero-order chi connectivity index (χ0) is 13.0. The highest BCUT2D eigenvalue weighted by atomic mass is 16.3. The van der Waals surface area contributed by atoms with Crippen molar-refractivity contribution in [2.45, 2.75) is 57.1 Å². The summed E-state index contributed by atoms with van der Waals surface area (Å²) in [4.78, 5) is 2.50. The molecule has 18 heavy (non-hydrogen) atoms. The van der Waals surface area contributed by atoms with Gasteiger partial charge in [-0.15, -0.1) is 0 Å². The maximum Gasteiger partial charge on any atom is 0.0546 e. The first-order chi connectivity index (χ1) is 8.69. The minimum absolute atomic E-state index is 0.00802. The van der Waals surface area contributed by atoms with Crippen LogP contribution in [0.15, 0.2) is 0 Å². The summed E-state index contributed by atoms with van der Waals surface area (Å²) in [5.41, 5.74) is 0. The molecule has 0 saturated heterocycles. The lowest BCUT2D eigenvalue weighted by molar-refractivity contribution is 0.0254. The van der Waals surface area contributed by atoms with Gasteiger partial charge in [-0.2, -0.15) is 0 Å². The number of nitrogens with zero attached hydrogens (tertiary/aromatic N) is 1. The van der Waals surface area contributed by atoms with Crippen molar-refractivity contribution in [2.24, 2.45) is 11.8 Å². The molecule has 3 heteroatoms. The molecule has 2 fully saturated rings. The van der Waals surface area contributed by atoms with Crippen LogP contribution in [-0.2, 0) is 0 Å². The Hall–Kier alpha value is -0.120. The Morgan fingerprint density at radius 2 is 1.83 bits per heavy atom. The molecule has 2 aliphatic carbocycles. The first-order valence-corrected chi connectivity index (χ1v) is 7.73. The van der Waals surface area contributed by atoms with Crippen molar-refractivity contribution in [3.63, 3.8) is 0 Å². The zero-order valence-electron chi connectivity index (χ0n) is 12.1. The van der Waals surface area contributed by atoms with Gasteiger partial charge in [-0.05, 0) is 51.6 Å². The van der Waals surface area contributed by atoms with Crippen LogP contribution in [0.25, 0.3) is 0 Å². The summed E-state index contributed by atoms with van der Waals surface area (Å²) in [6, 6.07) is 0.710. The second-order valence-corrected chi connectivity index (χ2v) is 6.51. The molecule has 2 N–H and O–H groups in total. The molecule has 0 spiro atoms. The Morgan fingerprint density at radius 1 is 1.11 bits per heavy atom. The van der Waals surface area contributed by atoms with Crippen molar-refractivity contribution in [3.05, 3.63) is 0 Å². The van der Waals surface area contributed by atoms with Crippen LogP contribution in [0.4, 0.5) is 0 Å². The molecule has 0 bridgehead atoms. The first kappa shape index (κ1) is 14.3. The molecular formula is C15H30N2O. The molecule has 0 aromatic carbocycles. The van der Waals surface area contributed by atoms with Gasteiger partial charge in [-0.25, -0.2) is 0 Å². The number of hydrogen-bond donors (Lipinski definition) is 2. The Balaban J connectivity index is 1.74. The number of nitrogens with one attached hydrogen (secondary N) is 1. The predicted octanol–water partition coefficient (Wildman–Crippen LogP) is 1.86. The average Bonchev–Trinajstić information content (AvgIpc) is 2.52. The SMILES string of the molecule is CNC1CCCCCC1CN(C)CC1CC(O)C1. The molecule has 2 rings (SSSR count).